The first kappa shape index (κ1) is 22.4. The molecule has 0 amide bonds. The number of fused-ring (bicyclic) bond motifs is 1. The van der Waals surface area contributed by atoms with Gasteiger partial charge in [-0.05, 0) is 29.8 Å². The lowest BCUT2D eigenvalue weighted by molar-refractivity contribution is -0.140. The fraction of sp³-hybridized carbons (Fsp3) is 0.150. The van der Waals surface area contributed by atoms with Crippen molar-refractivity contribution in [2.45, 2.75) is 12.6 Å². The molecule has 0 radical (unpaired) electrons. The summed E-state index contributed by atoms with van der Waals surface area (Å²) in [7, 11) is 1.50. The first-order valence-corrected chi connectivity index (χ1v) is 10.1. The highest BCUT2D eigenvalue weighted by molar-refractivity contribution is 6.40. The van der Waals surface area contributed by atoms with E-state index in [0.29, 0.717) is 5.75 Å². The highest BCUT2D eigenvalue weighted by Gasteiger charge is 2.39. The molecule has 12 heteroatoms. The van der Waals surface area contributed by atoms with Crippen molar-refractivity contribution in [2.24, 2.45) is 0 Å². The fourth-order valence-electron chi connectivity index (χ4n) is 3.22. The van der Waals surface area contributed by atoms with Crippen LogP contribution in [0.4, 0.5) is 13.2 Å². The zero-order chi connectivity index (χ0) is 23.2. The number of methoxy groups -OCH3 is 1. The first-order valence-electron chi connectivity index (χ1n) is 8.95. The molecule has 0 bridgehead atoms. The Balaban J connectivity index is 1.97. The van der Waals surface area contributed by atoms with E-state index in [1.54, 1.807) is 24.3 Å². The molecule has 32 heavy (non-hydrogen) atoms. The summed E-state index contributed by atoms with van der Waals surface area (Å²) in [6.45, 7) is 0. The quantitative estimate of drug-likeness (QED) is 0.388. The van der Waals surface area contributed by atoms with Gasteiger partial charge in [0.25, 0.3) is 5.56 Å². The molecule has 166 valence electrons. The standard InChI is InChI=1S/C20H12Cl3F3N4O2/c1-32-11-4-2-3-9(5-11)6-14-27-18-15(19(31)28-14)17(20(24,25)26)29-30(18)16-12(22)7-10(21)8-13(16)23/h2-5,7-8H,6H2,1H3,(H,27,28,31). The van der Waals surface area contributed by atoms with Gasteiger partial charge in [-0.15, -0.1) is 0 Å². The number of rotatable bonds is 4. The van der Waals surface area contributed by atoms with Crippen LogP contribution in [0.2, 0.25) is 15.1 Å². The molecule has 0 aliphatic rings. The Bertz CT molecular complexity index is 1380. The summed E-state index contributed by atoms with van der Waals surface area (Å²) >= 11 is 18.3. The number of aromatic amines is 1. The molecule has 0 saturated carbocycles. The molecule has 2 aromatic carbocycles. The minimum atomic E-state index is -4.92. The minimum absolute atomic E-state index is 0.0583. The SMILES string of the molecule is COc1cccc(Cc2nc3c(c(C(F)(F)F)nn3-c3c(Cl)cc(Cl)cc3Cl)c(=O)[nH]2)c1. The van der Waals surface area contributed by atoms with Crippen molar-refractivity contribution >= 4 is 45.8 Å². The van der Waals surface area contributed by atoms with Crippen molar-refractivity contribution in [3.8, 4) is 11.4 Å². The molecule has 0 atom stereocenters. The molecule has 1 N–H and O–H groups in total. The number of halogens is 6. The summed E-state index contributed by atoms with van der Waals surface area (Å²) in [6.07, 6.45) is -4.80. The van der Waals surface area contributed by atoms with Crippen molar-refractivity contribution < 1.29 is 17.9 Å². The van der Waals surface area contributed by atoms with Crippen molar-refractivity contribution in [2.75, 3.05) is 7.11 Å². The van der Waals surface area contributed by atoms with Gasteiger partial charge in [0.2, 0.25) is 0 Å². The van der Waals surface area contributed by atoms with Crippen LogP contribution in [0.15, 0.2) is 41.2 Å². The molecular weight excluding hydrogens is 492 g/mol. The van der Waals surface area contributed by atoms with Gasteiger partial charge in [-0.1, -0.05) is 46.9 Å². The van der Waals surface area contributed by atoms with Crippen molar-refractivity contribution in [1.82, 2.24) is 19.7 Å². The van der Waals surface area contributed by atoms with Gasteiger partial charge in [0.05, 0.1) is 17.2 Å². The third-order valence-electron chi connectivity index (χ3n) is 4.55. The molecule has 2 aromatic heterocycles. The highest BCUT2D eigenvalue weighted by atomic mass is 35.5. The van der Waals surface area contributed by atoms with E-state index in [2.05, 4.69) is 15.1 Å². The molecule has 0 aliphatic carbocycles. The van der Waals surface area contributed by atoms with Crippen LogP contribution in [0.1, 0.15) is 17.1 Å². The number of nitrogens with zero attached hydrogens (tertiary/aromatic N) is 3. The number of aromatic nitrogens is 4. The second-order valence-corrected chi connectivity index (χ2v) is 7.97. The summed E-state index contributed by atoms with van der Waals surface area (Å²) in [5.74, 6) is 0.696. The summed E-state index contributed by atoms with van der Waals surface area (Å²) in [5, 5.41) is 2.93. The summed E-state index contributed by atoms with van der Waals surface area (Å²) in [5.41, 5.74) is -2.10. The predicted octanol–water partition coefficient (Wildman–Crippen LogP) is 5.69. The number of hydrogen-bond acceptors (Lipinski definition) is 4. The molecule has 6 nitrogen and oxygen atoms in total. The highest BCUT2D eigenvalue weighted by Crippen LogP contribution is 2.37. The smallest absolute Gasteiger partial charge is 0.436 e. The fourth-order valence-corrected chi connectivity index (χ4v) is 4.20. The van der Waals surface area contributed by atoms with Crippen molar-refractivity contribution in [3.63, 3.8) is 0 Å². The average molecular weight is 504 g/mol. The predicted molar refractivity (Wildman–Crippen MR) is 115 cm³/mol. The van der Waals surface area contributed by atoms with E-state index in [9.17, 15) is 18.0 Å². The summed E-state index contributed by atoms with van der Waals surface area (Å²) in [4.78, 5) is 19.3. The van der Waals surface area contributed by atoms with E-state index >= 15 is 0 Å². The molecular formula is C20H12Cl3F3N4O2. The van der Waals surface area contributed by atoms with Crippen molar-refractivity contribution in [1.29, 1.82) is 0 Å². The maximum absolute atomic E-state index is 13.7. The summed E-state index contributed by atoms with van der Waals surface area (Å²) < 4.78 is 47.0. The van der Waals surface area contributed by atoms with Crippen LogP contribution >= 0.6 is 34.8 Å². The normalized spacial score (nSPS) is 11.8. The van der Waals surface area contributed by atoms with Gasteiger partial charge in [-0.3, -0.25) is 4.79 Å². The number of ether oxygens (including phenoxy) is 1. The maximum Gasteiger partial charge on any atom is 0.436 e. The van der Waals surface area contributed by atoms with E-state index in [1.165, 1.54) is 19.2 Å². The molecule has 2 heterocycles. The van der Waals surface area contributed by atoms with Gasteiger partial charge in [-0.25, -0.2) is 9.67 Å². The van der Waals surface area contributed by atoms with Crippen molar-refractivity contribution in [3.05, 3.63) is 78.9 Å². The van der Waals surface area contributed by atoms with Gasteiger partial charge in [0.1, 0.15) is 22.6 Å². The molecule has 0 unspecified atom stereocenters. The number of H-pyrrole nitrogens is 1. The van der Waals surface area contributed by atoms with E-state index < -0.39 is 22.8 Å². The lowest BCUT2D eigenvalue weighted by atomic mass is 10.1. The molecule has 0 fully saturated rings. The minimum Gasteiger partial charge on any atom is -0.497 e. The first-order chi connectivity index (χ1) is 15.1. The largest absolute Gasteiger partial charge is 0.497 e. The van der Waals surface area contributed by atoms with Crippen LogP contribution in [0.3, 0.4) is 0 Å². The topological polar surface area (TPSA) is 72.8 Å². The Labute approximate surface area is 193 Å². The van der Waals surface area contributed by atoms with Crippen LogP contribution in [0.25, 0.3) is 16.7 Å². The lowest BCUT2D eigenvalue weighted by Crippen LogP contribution is -2.16. The van der Waals surface area contributed by atoms with E-state index in [1.807, 2.05) is 0 Å². The second-order valence-electron chi connectivity index (χ2n) is 6.72. The van der Waals surface area contributed by atoms with Gasteiger partial charge in [-0.2, -0.15) is 18.3 Å². The zero-order valence-corrected chi connectivity index (χ0v) is 18.4. The molecule has 4 rings (SSSR count). The van der Waals surface area contributed by atoms with Gasteiger partial charge < -0.3 is 9.72 Å². The number of nitrogens with one attached hydrogen (secondary N) is 1. The Morgan fingerprint density at radius 2 is 1.81 bits per heavy atom. The molecule has 4 aromatic rings. The van der Waals surface area contributed by atoms with Crippen LogP contribution in [-0.4, -0.2) is 26.9 Å². The number of benzene rings is 2. The molecule has 0 aliphatic heterocycles. The second kappa shape index (κ2) is 8.31. The van der Waals surface area contributed by atoms with Crippen LogP contribution in [0, 0.1) is 0 Å². The molecule has 0 saturated heterocycles. The third kappa shape index (κ3) is 4.15. The van der Waals surface area contributed by atoms with Gasteiger partial charge >= 0.3 is 6.18 Å². The van der Waals surface area contributed by atoms with E-state index in [4.69, 9.17) is 39.5 Å². The van der Waals surface area contributed by atoms with E-state index in [-0.39, 0.29) is 38.6 Å². The van der Waals surface area contributed by atoms with Crippen LogP contribution < -0.4 is 10.3 Å². The summed E-state index contributed by atoms with van der Waals surface area (Å²) in [6, 6.07) is 9.56. The third-order valence-corrected chi connectivity index (χ3v) is 5.35. The maximum atomic E-state index is 13.7. The number of alkyl halides is 3. The average Bonchev–Trinajstić information content (AvgIpc) is 3.07. The Morgan fingerprint density at radius 3 is 2.44 bits per heavy atom. The Morgan fingerprint density at radius 1 is 1.12 bits per heavy atom. The Kier molecular flexibility index (Phi) is 5.83. The van der Waals surface area contributed by atoms with Gasteiger partial charge in [0.15, 0.2) is 11.3 Å². The van der Waals surface area contributed by atoms with Gasteiger partial charge in [0, 0.05) is 11.4 Å². The monoisotopic (exact) mass is 502 g/mol. The van der Waals surface area contributed by atoms with Crippen LogP contribution in [-0.2, 0) is 12.6 Å². The van der Waals surface area contributed by atoms with Crippen LogP contribution in [0.5, 0.6) is 5.75 Å². The molecule has 0 spiro atoms. The number of hydrogen-bond donors (Lipinski definition) is 1. The Hall–Kier alpha value is -2.75. The lowest BCUT2D eigenvalue weighted by Gasteiger charge is -2.09. The zero-order valence-electron chi connectivity index (χ0n) is 16.1. The van der Waals surface area contributed by atoms with E-state index in [0.717, 1.165) is 10.2 Å².